The van der Waals surface area contributed by atoms with Gasteiger partial charge < -0.3 is 21.0 Å². The van der Waals surface area contributed by atoms with Gasteiger partial charge in [-0.25, -0.2) is 32.5 Å². The van der Waals surface area contributed by atoms with Gasteiger partial charge in [-0.2, -0.15) is 13.2 Å². The van der Waals surface area contributed by atoms with Crippen LogP contribution in [0.1, 0.15) is 17.5 Å². The molecular formula is C22H25F3N4O8S. The monoisotopic (exact) mass is 562 g/mol. The summed E-state index contributed by atoms with van der Waals surface area (Å²) in [6.07, 6.45) is -5.31. The molecule has 0 aliphatic rings. The number of nitrogens with two attached hydrogens (primary N) is 2. The maximum atomic E-state index is 12.6. The fourth-order valence-corrected chi connectivity index (χ4v) is 4.13. The lowest BCUT2D eigenvalue weighted by atomic mass is 10.1. The minimum absolute atomic E-state index is 0.196. The lowest BCUT2D eigenvalue weighted by molar-refractivity contribution is -0.286. The van der Waals surface area contributed by atoms with Gasteiger partial charge in [-0.3, -0.25) is 0 Å². The Labute approximate surface area is 215 Å². The number of oxime groups is 1. The Hall–Kier alpha value is -4.05. The van der Waals surface area contributed by atoms with Crippen LogP contribution in [0.15, 0.2) is 59.8 Å². The third-order valence-electron chi connectivity index (χ3n) is 4.42. The molecule has 0 bridgehead atoms. The summed E-state index contributed by atoms with van der Waals surface area (Å²) in [5.74, 6) is -4.65. The Balaban J connectivity index is 2.05. The minimum Gasteiger partial charge on any atom is -0.493 e. The molecule has 0 aromatic heterocycles. The first kappa shape index (κ1) is 30.2. The van der Waals surface area contributed by atoms with Crippen LogP contribution in [-0.4, -0.2) is 51.7 Å². The largest absolute Gasteiger partial charge is 0.495 e. The molecule has 16 heteroatoms. The number of carbonyl (C=O) groups excluding carboxylic acids is 2. The number of alkyl halides is 3. The van der Waals surface area contributed by atoms with E-state index >= 15 is 0 Å². The third kappa shape index (κ3) is 11.3. The molecule has 2 rings (SSSR count). The Morgan fingerprint density at radius 2 is 1.61 bits per heavy atom. The second-order valence-electron chi connectivity index (χ2n) is 7.59. The van der Waals surface area contributed by atoms with Crippen molar-refractivity contribution in [3.8, 4) is 5.75 Å². The van der Waals surface area contributed by atoms with Gasteiger partial charge in [0.15, 0.2) is 0 Å². The van der Waals surface area contributed by atoms with E-state index < -0.39 is 39.9 Å². The number of hydrogen-bond donors (Lipinski definition) is 3. The quantitative estimate of drug-likeness (QED) is 0.106. The van der Waals surface area contributed by atoms with E-state index in [0.29, 0.717) is 23.3 Å². The molecule has 0 saturated carbocycles. The molecule has 0 saturated heterocycles. The standard InChI is InChI=1S/C22H25F3N4O8S/c23-22(24,25)20(31)37-36-19(30)18(29-38(32,33)14-16-5-2-1-3-6-16)13-15-7-9-17(10-8-15)34-11-4-12-35-28-21(26)27/h1-3,5-10,18,29H,4,11-14H2,(H4,26,27,28)/t18-/m0/s1. The highest BCUT2D eigenvalue weighted by Crippen LogP contribution is 2.18. The average molecular weight is 563 g/mol. The molecule has 5 N–H and O–H groups in total. The van der Waals surface area contributed by atoms with Crippen molar-refractivity contribution >= 4 is 27.9 Å². The van der Waals surface area contributed by atoms with E-state index in [2.05, 4.69) is 19.7 Å². The zero-order chi connectivity index (χ0) is 28.2. The number of halogens is 3. The van der Waals surface area contributed by atoms with Gasteiger partial charge in [0.25, 0.3) is 0 Å². The van der Waals surface area contributed by atoms with Gasteiger partial charge in [-0.1, -0.05) is 42.5 Å². The summed E-state index contributed by atoms with van der Waals surface area (Å²) in [6.45, 7) is 0.444. The van der Waals surface area contributed by atoms with Gasteiger partial charge in [0.1, 0.15) is 18.4 Å². The molecule has 0 heterocycles. The number of rotatable bonds is 13. The first-order valence-electron chi connectivity index (χ1n) is 10.8. The Bertz CT molecular complexity index is 1190. The molecule has 2 aromatic carbocycles. The molecule has 1 atom stereocenters. The van der Waals surface area contributed by atoms with E-state index in [4.69, 9.17) is 21.0 Å². The number of guanidine groups is 1. The van der Waals surface area contributed by atoms with Crippen LogP contribution in [0.2, 0.25) is 0 Å². The summed E-state index contributed by atoms with van der Waals surface area (Å²) in [5.41, 5.74) is 11.0. The van der Waals surface area contributed by atoms with E-state index in [0.717, 1.165) is 0 Å². The maximum absolute atomic E-state index is 12.6. The normalized spacial score (nSPS) is 12.2. The Morgan fingerprint density at radius 1 is 0.947 bits per heavy atom. The number of nitrogens with one attached hydrogen (secondary N) is 1. The van der Waals surface area contributed by atoms with Crippen molar-refractivity contribution in [2.24, 2.45) is 16.6 Å². The predicted octanol–water partition coefficient (Wildman–Crippen LogP) is 1.25. The minimum atomic E-state index is -5.42. The number of carbonyl (C=O) groups is 2. The highest BCUT2D eigenvalue weighted by Gasteiger charge is 2.43. The summed E-state index contributed by atoms with van der Waals surface area (Å²) < 4.78 is 69.9. The average Bonchev–Trinajstić information content (AvgIpc) is 2.84. The van der Waals surface area contributed by atoms with Gasteiger partial charge >= 0.3 is 18.1 Å². The molecule has 12 nitrogen and oxygen atoms in total. The molecule has 0 spiro atoms. The van der Waals surface area contributed by atoms with E-state index in [1.165, 1.54) is 36.4 Å². The lowest BCUT2D eigenvalue weighted by Crippen LogP contribution is -2.44. The second-order valence-corrected chi connectivity index (χ2v) is 9.34. The molecule has 2 aromatic rings. The van der Waals surface area contributed by atoms with Crippen LogP contribution >= 0.6 is 0 Å². The van der Waals surface area contributed by atoms with Crippen molar-refractivity contribution in [3.63, 3.8) is 0 Å². The van der Waals surface area contributed by atoms with E-state index in [-0.39, 0.29) is 25.6 Å². The Kier molecular flexibility index (Phi) is 11.1. The SMILES string of the molecule is NC(N)=NOCCCOc1ccc(C[C@H](NS(=O)(=O)Cc2ccccc2)C(=O)OOC(=O)C(F)(F)F)cc1. The van der Waals surface area contributed by atoms with Crippen LogP contribution in [0.5, 0.6) is 5.75 Å². The number of ether oxygens (including phenoxy) is 1. The smallest absolute Gasteiger partial charge is 0.493 e. The number of benzene rings is 2. The number of hydrogen-bond acceptors (Lipinski definition) is 9. The molecule has 38 heavy (non-hydrogen) atoms. The number of sulfonamides is 1. The van der Waals surface area contributed by atoms with Gasteiger partial charge in [0, 0.05) is 6.42 Å². The zero-order valence-electron chi connectivity index (χ0n) is 19.7. The second kappa shape index (κ2) is 14.0. The molecule has 0 aliphatic carbocycles. The summed E-state index contributed by atoms with van der Waals surface area (Å²) in [4.78, 5) is 35.6. The van der Waals surface area contributed by atoms with Crippen molar-refractivity contribution in [3.05, 3.63) is 65.7 Å². The molecular weight excluding hydrogens is 537 g/mol. The van der Waals surface area contributed by atoms with Crippen LogP contribution in [0.25, 0.3) is 0 Å². The number of nitrogens with zero attached hydrogens (tertiary/aromatic N) is 1. The molecule has 208 valence electrons. The molecule has 0 radical (unpaired) electrons. The topological polar surface area (TPSA) is 182 Å². The summed E-state index contributed by atoms with van der Waals surface area (Å²) >= 11 is 0. The van der Waals surface area contributed by atoms with Gasteiger partial charge in [0.2, 0.25) is 16.0 Å². The van der Waals surface area contributed by atoms with Crippen molar-refractivity contribution in [2.45, 2.75) is 30.8 Å². The fourth-order valence-electron chi connectivity index (χ4n) is 2.80. The molecule has 0 fully saturated rings. The summed E-state index contributed by atoms with van der Waals surface area (Å²) in [5, 5.41) is 3.35. The van der Waals surface area contributed by atoms with Crippen LogP contribution in [0.3, 0.4) is 0 Å². The van der Waals surface area contributed by atoms with E-state index in [9.17, 15) is 31.2 Å². The van der Waals surface area contributed by atoms with Crippen LogP contribution in [0.4, 0.5) is 13.2 Å². The molecule has 0 aliphatic heterocycles. The first-order valence-corrected chi connectivity index (χ1v) is 12.5. The van der Waals surface area contributed by atoms with Crippen LogP contribution < -0.4 is 20.9 Å². The van der Waals surface area contributed by atoms with Crippen molar-refractivity contribution in [1.29, 1.82) is 0 Å². The van der Waals surface area contributed by atoms with Crippen LogP contribution in [0, 0.1) is 0 Å². The fraction of sp³-hybridized carbons (Fsp3) is 0.318. The van der Waals surface area contributed by atoms with Gasteiger partial charge in [-0.15, -0.1) is 0 Å². The van der Waals surface area contributed by atoms with Crippen molar-refractivity contribution in [1.82, 2.24) is 4.72 Å². The maximum Gasteiger partial charge on any atom is 0.495 e. The molecule has 0 amide bonds. The van der Waals surface area contributed by atoms with Crippen molar-refractivity contribution in [2.75, 3.05) is 13.2 Å². The third-order valence-corrected chi connectivity index (χ3v) is 5.78. The first-order chi connectivity index (χ1) is 17.9. The molecule has 0 unspecified atom stereocenters. The van der Waals surface area contributed by atoms with Gasteiger partial charge in [0.05, 0.1) is 12.4 Å². The van der Waals surface area contributed by atoms with Crippen LogP contribution in [-0.2, 0) is 46.4 Å². The summed E-state index contributed by atoms with van der Waals surface area (Å²) in [6, 6.07) is 12.3. The van der Waals surface area contributed by atoms with E-state index in [1.807, 2.05) is 0 Å². The van der Waals surface area contributed by atoms with Gasteiger partial charge in [-0.05, 0) is 34.8 Å². The predicted molar refractivity (Wildman–Crippen MR) is 126 cm³/mol. The highest BCUT2D eigenvalue weighted by atomic mass is 32.2. The van der Waals surface area contributed by atoms with Crippen molar-refractivity contribution < 1.29 is 50.5 Å². The Morgan fingerprint density at radius 3 is 2.21 bits per heavy atom. The van der Waals surface area contributed by atoms with E-state index in [1.54, 1.807) is 18.2 Å². The highest BCUT2D eigenvalue weighted by molar-refractivity contribution is 7.88. The zero-order valence-corrected chi connectivity index (χ0v) is 20.5. The summed E-state index contributed by atoms with van der Waals surface area (Å²) in [7, 11) is -4.17. The lowest BCUT2D eigenvalue weighted by Gasteiger charge is -2.17.